The van der Waals surface area contributed by atoms with Crippen LogP contribution in [0.4, 0.5) is 15.8 Å². The van der Waals surface area contributed by atoms with E-state index in [4.69, 9.17) is 9.47 Å². The number of anilines is 2. The first-order chi connectivity index (χ1) is 16.3. The molecule has 0 spiro atoms. The first-order valence-corrected chi connectivity index (χ1v) is 10.9. The van der Waals surface area contributed by atoms with Crippen LogP contribution in [-0.4, -0.2) is 25.0 Å². The van der Waals surface area contributed by atoms with Crippen LogP contribution in [0.5, 0.6) is 11.5 Å². The van der Waals surface area contributed by atoms with Gasteiger partial charge in [-0.05, 0) is 68.3 Å². The van der Waals surface area contributed by atoms with Crippen LogP contribution < -0.4 is 19.7 Å². The van der Waals surface area contributed by atoms with Crippen LogP contribution in [0.25, 0.3) is 5.57 Å². The van der Waals surface area contributed by atoms with Crippen molar-refractivity contribution in [3.63, 3.8) is 0 Å². The number of hydrogen-bond acceptors (Lipinski definition) is 5. The van der Waals surface area contributed by atoms with Crippen molar-refractivity contribution in [3.05, 3.63) is 89.4 Å². The van der Waals surface area contributed by atoms with Gasteiger partial charge in [0.1, 0.15) is 23.0 Å². The molecule has 0 fully saturated rings. The van der Waals surface area contributed by atoms with E-state index in [1.165, 1.54) is 25.3 Å². The van der Waals surface area contributed by atoms with Gasteiger partial charge in [0, 0.05) is 0 Å². The highest BCUT2D eigenvalue weighted by Gasteiger charge is 2.41. The number of ether oxygens (including phenoxy) is 2. The normalized spacial score (nSPS) is 13.6. The molecule has 0 saturated heterocycles. The Balaban J connectivity index is 1.83. The fourth-order valence-corrected chi connectivity index (χ4v) is 3.79. The smallest absolute Gasteiger partial charge is 0.282 e. The first kappa shape index (κ1) is 23.0. The maximum atomic E-state index is 14.6. The molecule has 6 nitrogen and oxygen atoms in total. The minimum atomic E-state index is -0.668. The van der Waals surface area contributed by atoms with E-state index in [1.807, 2.05) is 32.9 Å². The predicted molar refractivity (Wildman–Crippen MR) is 129 cm³/mol. The molecule has 3 aromatic carbocycles. The van der Waals surface area contributed by atoms with E-state index in [1.54, 1.807) is 36.4 Å². The van der Waals surface area contributed by atoms with E-state index in [9.17, 15) is 14.0 Å². The van der Waals surface area contributed by atoms with E-state index in [2.05, 4.69) is 5.32 Å². The third kappa shape index (κ3) is 4.37. The lowest BCUT2D eigenvalue weighted by atomic mass is 10.0. The molecule has 0 bridgehead atoms. The summed E-state index contributed by atoms with van der Waals surface area (Å²) >= 11 is 0. The number of benzene rings is 3. The van der Waals surface area contributed by atoms with Crippen LogP contribution in [0.1, 0.15) is 25.0 Å². The van der Waals surface area contributed by atoms with E-state index < -0.39 is 17.6 Å². The van der Waals surface area contributed by atoms with Gasteiger partial charge >= 0.3 is 0 Å². The molecule has 1 N–H and O–H groups in total. The zero-order valence-corrected chi connectivity index (χ0v) is 19.4. The Kier molecular flexibility index (Phi) is 6.36. The maximum Gasteiger partial charge on any atom is 0.282 e. The summed E-state index contributed by atoms with van der Waals surface area (Å²) in [5, 5.41) is 3.08. The van der Waals surface area contributed by atoms with Crippen molar-refractivity contribution in [2.45, 2.75) is 26.9 Å². The molecule has 0 aliphatic carbocycles. The van der Waals surface area contributed by atoms with E-state index >= 15 is 0 Å². The van der Waals surface area contributed by atoms with Gasteiger partial charge in [-0.25, -0.2) is 9.29 Å². The Morgan fingerprint density at radius 1 is 0.941 bits per heavy atom. The average molecular weight is 461 g/mol. The molecule has 0 radical (unpaired) electrons. The van der Waals surface area contributed by atoms with Gasteiger partial charge in [-0.2, -0.15) is 0 Å². The number of para-hydroxylation sites is 1. The molecule has 1 aliphatic rings. The Morgan fingerprint density at radius 2 is 1.65 bits per heavy atom. The molecule has 174 valence electrons. The van der Waals surface area contributed by atoms with E-state index in [0.29, 0.717) is 22.7 Å². The number of carbonyl (C=O) groups is 2. The average Bonchev–Trinajstić information content (AvgIpc) is 3.04. The molecular weight excluding hydrogens is 435 g/mol. The molecule has 4 rings (SSSR count). The monoisotopic (exact) mass is 460 g/mol. The van der Waals surface area contributed by atoms with Gasteiger partial charge in [0.25, 0.3) is 11.8 Å². The largest absolute Gasteiger partial charge is 0.495 e. The van der Waals surface area contributed by atoms with Gasteiger partial charge in [0.05, 0.1) is 30.2 Å². The highest BCUT2D eigenvalue weighted by Crippen LogP contribution is 2.37. The SMILES string of the molecule is COc1ccc(C)cc1NC1=C(c2ccc(OC(C)C)cc2)C(=O)N(c2ccccc2F)C1=O. The van der Waals surface area contributed by atoms with E-state index in [-0.39, 0.29) is 23.1 Å². The summed E-state index contributed by atoms with van der Waals surface area (Å²) in [6.07, 6.45) is -0.0117. The topological polar surface area (TPSA) is 67.9 Å². The third-order valence-electron chi connectivity index (χ3n) is 5.31. The predicted octanol–water partition coefficient (Wildman–Crippen LogP) is 5.33. The molecule has 1 heterocycles. The number of nitrogens with one attached hydrogen (secondary N) is 1. The van der Waals surface area contributed by atoms with Gasteiger partial charge in [0.15, 0.2) is 0 Å². The number of carbonyl (C=O) groups excluding carboxylic acids is 2. The minimum Gasteiger partial charge on any atom is -0.495 e. The lowest BCUT2D eigenvalue weighted by Gasteiger charge is -2.16. The summed E-state index contributed by atoms with van der Waals surface area (Å²) in [6.45, 7) is 5.74. The molecule has 0 aromatic heterocycles. The fraction of sp³-hybridized carbons (Fsp3) is 0.185. The lowest BCUT2D eigenvalue weighted by Crippen LogP contribution is -2.33. The molecule has 0 unspecified atom stereocenters. The number of aryl methyl sites for hydroxylation is 1. The zero-order valence-electron chi connectivity index (χ0n) is 19.4. The van der Waals surface area contributed by atoms with Crippen molar-refractivity contribution < 1.29 is 23.5 Å². The van der Waals surface area contributed by atoms with Crippen molar-refractivity contribution in [1.29, 1.82) is 0 Å². The van der Waals surface area contributed by atoms with E-state index in [0.717, 1.165) is 10.5 Å². The molecular formula is C27H25FN2O4. The second-order valence-corrected chi connectivity index (χ2v) is 8.17. The Bertz CT molecular complexity index is 1280. The number of hydrogen-bond donors (Lipinski definition) is 1. The van der Waals surface area contributed by atoms with Crippen molar-refractivity contribution >= 4 is 28.8 Å². The molecule has 34 heavy (non-hydrogen) atoms. The second kappa shape index (κ2) is 9.39. The second-order valence-electron chi connectivity index (χ2n) is 8.17. The molecule has 7 heteroatoms. The van der Waals surface area contributed by atoms with Crippen LogP contribution in [-0.2, 0) is 9.59 Å². The van der Waals surface area contributed by atoms with Gasteiger partial charge in [-0.3, -0.25) is 9.59 Å². The Hall–Kier alpha value is -4.13. The van der Waals surface area contributed by atoms with Gasteiger partial charge in [-0.15, -0.1) is 0 Å². The van der Waals surface area contributed by atoms with Crippen LogP contribution in [0, 0.1) is 12.7 Å². The number of imide groups is 1. The summed E-state index contributed by atoms with van der Waals surface area (Å²) < 4.78 is 25.7. The highest BCUT2D eigenvalue weighted by molar-refractivity contribution is 6.46. The number of methoxy groups -OCH3 is 1. The summed E-state index contributed by atoms with van der Waals surface area (Å²) in [4.78, 5) is 27.9. The van der Waals surface area contributed by atoms with Gasteiger partial charge in [0.2, 0.25) is 0 Å². The van der Waals surface area contributed by atoms with Crippen molar-refractivity contribution in [3.8, 4) is 11.5 Å². The van der Waals surface area contributed by atoms with Gasteiger partial charge in [-0.1, -0.05) is 30.3 Å². The lowest BCUT2D eigenvalue weighted by molar-refractivity contribution is -0.120. The van der Waals surface area contributed by atoms with Crippen LogP contribution in [0.15, 0.2) is 72.4 Å². The van der Waals surface area contributed by atoms with Crippen molar-refractivity contribution in [2.24, 2.45) is 0 Å². The molecule has 3 aromatic rings. The minimum absolute atomic E-state index is 0.0117. The van der Waals surface area contributed by atoms with Crippen LogP contribution in [0.2, 0.25) is 0 Å². The summed E-state index contributed by atoms with van der Waals surface area (Å²) in [5.74, 6) is -0.809. The summed E-state index contributed by atoms with van der Waals surface area (Å²) in [7, 11) is 1.52. The number of rotatable bonds is 7. The first-order valence-electron chi connectivity index (χ1n) is 10.9. The number of nitrogens with zero attached hydrogens (tertiary/aromatic N) is 1. The molecule has 2 amide bonds. The van der Waals surface area contributed by atoms with Crippen molar-refractivity contribution in [1.82, 2.24) is 0 Å². The Morgan fingerprint density at radius 3 is 2.29 bits per heavy atom. The summed E-state index contributed by atoms with van der Waals surface area (Å²) in [5.41, 5.74) is 2.02. The van der Waals surface area contributed by atoms with Crippen LogP contribution >= 0.6 is 0 Å². The molecule has 1 aliphatic heterocycles. The Labute approximate surface area is 197 Å². The standard InChI is InChI=1S/C27H25FN2O4/c1-16(2)34-19-12-10-18(11-13-19)24-25(29-21-15-17(3)9-14-23(21)33-4)27(32)30(26(24)31)22-8-6-5-7-20(22)28/h5-16,29H,1-4H3. The fourth-order valence-electron chi connectivity index (χ4n) is 3.79. The van der Waals surface area contributed by atoms with Crippen molar-refractivity contribution in [2.75, 3.05) is 17.3 Å². The quantitative estimate of drug-likeness (QED) is 0.483. The maximum absolute atomic E-state index is 14.6. The third-order valence-corrected chi connectivity index (χ3v) is 5.31. The zero-order chi connectivity index (χ0) is 24.4. The van der Waals surface area contributed by atoms with Crippen LogP contribution in [0.3, 0.4) is 0 Å². The number of halogens is 1. The highest BCUT2D eigenvalue weighted by atomic mass is 19.1. The number of amides is 2. The summed E-state index contributed by atoms with van der Waals surface area (Å²) in [6, 6.07) is 18.0. The molecule has 0 atom stereocenters. The molecule has 0 saturated carbocycles. The van der Waals surface area contributed by atoms with Gasteiger partial charge < -0.3 is 14.8 Å².